The molecular weight excluding hydrogens is 238 g/mol. The van der Waals surface area contributed by atoms with Gasteiger partial charge in [0.15, 0.2) is 0 Å². The largest absolute Gasteiger partial charge is 0.477 e. The molecule has 1 aliphatic rings. The van der Waals surface area contributed by atoms with Gasteiger partial charge >= 0.3 is 0 Å². The Balaban J connectivity index is 1.95. The maximum Gasteiger partial charge on any atom is 0.218 e. The summed E-state index contributed by atoms with van der Waals surface area (Å²) in [5.74, 6) is 0.723. The average molecular weight is 263 g/mol. The van der Waals surface area contributed by atoms with Gasteiger partial charge in [-0.3, -0.25) is 0 Å². The number of likely N-dealkylation sites (tertiary alicyclic amines) is 1. The lowest BCUT2D eigenvalue weighted by molar-refractivity contribution is 0.227. The maximum absolute atomic E-state index is 5.88. The van der Waals surface area contributed by atoms with Gasteiger partial charge in [0.05, 0.1) is 6.61 Å². The predicted molar refractivity (Wildman–Crippen MR) is 77.4 cm³/mol. The first kappa shape index (κ1) is 14.3. The van der Waals surface area contributed by atoms with Crippen molar-refractivity contribution in [3.05, 3.63) is 22.9 Å². The number of rotatable bonds is 5. The Morgan fingerprint density at radius 3 is 2.89 bits per heavy atom. The van der Waals surface area contributed by atoms with Gasteiger partial charge in [0.25, 0.3) is 0 Å². The van der Waals surface area contributed by atoms with Crippen molar-refractivity contribution in [2.24, 2.45) is 5.73 Å². The molecule has 1 unspecified atom stereocenters. The Hall–Kier alpha value is -1.13. The molecule has 0 aliphatic carbocycles. The van der Waals surface area contributed by atoms with Crippen LogP contribution in [0.1, 0.15) is 36.1 Å². The van der Waals surface area contributed by atoms with Gasteiger partial charge in [-0.2, -0.15) is 0 Å². The number of ether oxygens (including phenoxy) is 1. The molecule has 1 aliphatic heterocycles. The minimum Gasteiger partial charge on any atom is -0.477 e. The van der Waals surface area contributed by atoms with Gasteiger partial charge in [-0.15, -0.1) is 0 Å². The van der Waals surface area contributed by atoms with E-state index in [1.807, 2.05) is 6.92 Å². The molecule has 2 rings (SSSR count). The van der Waals surface area contributed by atoms with Gasteiger partial charge in [0.2, 0.25) is 5.88 Å². The zero-order valence-corrected chi connectivity index (χ0v) is 12.3. The molecule has 0 aromatic carbocycles. The molecular formula is C15H25N3O. The van der Waals surface area contributed by atoms with Gasteiger partial charge in [-0.1, -0.05) is 0 Å². The third-order valence-electron chi connectivity index (χ3n) is 4.00. The van der Waals surface area contributed by atoms with E-state index in [9.17, 15) is 0 Å². The Morgan fingerprint density at radius 2 is 2.26 bits per heavy atom. The predicted octanol–water partition coefficient (Wildman–Crippen LogP) is 2.02. The second-order valence-corrected chi connectivity index (χ2v) is 5.48. The smallest absolute Gasteiger partial charge is 0.218 e. The number of nitrogens with two attached hydrogens (primary N) is 1. The first-order valence-corrected chi connectivity index (χ1v) is 7.12. The number of nitrogens with zero attached hydrogens (tertiary/aromatic N) is 2. The summed E-state index contributed by atoms with van der Waals surface area (Å²) in [7, 11) is 2.19. The lowest BCUT2D eigenvalue weighted by Gasteiger charge is -2.20. The van der Waals surface area contributed by atoms with Gasteiger partial charge in [-0.05, 0) is 58.3 Å². The summed E-state index contributed by atoms with van der Waals surface area (Å²) in [5.41, 5.74) is 8.98. The van der Waals surface area contributed by atoms with E-state index in [-0.39, 0.29) is 0 Å². The van der Waals surface area contributed by atoms with E-state index in [0.29, 0.717) is 12.6 Å². The van der Waals surface area contributed by atoms with E-state index in [4.69, 9.17) is 10.5 Å². The summed E-state index contributed by atoms with van der Waals surface area (Å²) in [6.07, 6.45) is 3.65. The van der Waals surface area contributed by atoms with Gasteiger partial charge in [0, 0.05) is 23.8 Å². The van der Waals surface area contributed by atoms with Crippen LogP contribution in [0.5, 0.6) is 5.88 Å². The molecule has 19 heavy (non-hydrogen) atoms. The van der Waals surface area contributed by atoms with Gasteiger partial charge in [0.1, 0.15) is 0 Å². The molecule has 1 aromatic rings. The molecule has 4 heteroatoms. The van der Waals surface area contributed by atoms with Crippen LogP contribution in [0.15, 0.2) is 6.07 Å². The topological polar surface area (TPSA) is 51.4 Å². The van der Waals surface area contributed by atoms with E-state index >= 15 is 0 Å². The number of aromatic nitrogens is 1. The lowest BCUT2D eigenvalue weighted by Crippen LogP contribution is -2.26. The highest BCUT2D eigenvalue weighted by Gasteiger charge is 2.20. The number of hydrogen-bond acceptors (Lipinski definition) is 4. The quantitative estimate of drug-likeness (QED) is 0.883. The summed E-state index contributed by atoms with van der Waals surface area (Å²) in [6.45, 7) is 6.47. The van der Waals surface area contributed by atoms with Crippen LogP contribution in [-0.4, -0.2) is 36.1 Å². The third-order valence-corrected chi connectivity index (χ3v) is 4.00. The van der Waals surface area contributed by atoms with Crippen molar-refractivity contribution < 1.29 is 4.74 Å². The van der Waals surface area contributed by atoms with Crippen LogP contribution in [0.25, 0.3) is 0 Å². The maximum atomic E-state index is 5.88. The average Bonchev–Trinajstić information content (AvgIpc) is 2.75. The third kappa shape index (κ3) is 3.45. The molecule has 0 radical (unpaired) electrons. The first-order chi connectivity index (χ1) is 9.11. The van der Waals surface area contributed by atoms with Crippen LogP contribution < -0.4 is 10.5 Å². The van der Waals surface area contributed by atoms with Crippen LogP contribution in [0, 0.1) is 13.8 Å². The second-order valence-electron chi connectivity index (χ2n) is 5.48. The van der Waals surface area contributed by atoms with Crippen LogP contribution in [0.2, 0.25) is 0 Å². The fourth-order valence-electron chi connectivity index (χ4n) is 2.83. The van der Waals surface area contributed by atoms with E-state index in [1.54, 1.807) is 0 Å². The molecule has 0 amide bonds. The van der Waals surface area contributed by atoms with Crippen molar-refractivity contribution in [3.63, 3.8) is 0 Å². The summed E-state index contributed by atoms with van der Waals surface area (Å²) in [4.78, 5) is 6.89. The highest BCUT2D eigenvalue weighted by atomic mass is 16.5. The fourth-order valence-corrected chi connectivity index (χ4v) is 2.83. The zero-order chi connectivity index (χ0) is 13.8. The van der Waals surface area contributed by atoms with Crippen LogP contribution >= 0.6 is 0 Å². The fraction of sp³-hybridized carbons (Fsp3) is 0.667. The number of aryl methyl sites for hydroxylation is 2. The molecule has 1 fully saturated rings. The Bertz CT molecular complexity index is 434. The summed E-state index contributed by atoms with van der Waals surface area (Å²) >= 11 is 0. The molecule has 1 atom stereocenters. The van der Waals surface area contributed by atoms with Crippen molar-refractivity contribution >= 4 is 0 Å². The normalized spacial score (nSPS) is 19.9. The summed E-state index contributed by atoms with van der Waals surface area (Å²) in [5, 5.41) is 0. The Labute approximate surface area is 116 Å². The minimum atomic E-state index is 0.484. The zero-order valence-electron chi connectivity index (χ0n) is 12.3. The molecule has 106 valence electrons. The molecule has 2 heterocycles. The van der Waals surface area contributed by atoms with E-state index in [2.05, 4.69) is 29.9 Å². The van der Waals surface area contributed by atoms with Gasteiger partial charge in [-0.25, -0.2) is 4.98 Å². The van der Waals surface area contributed by atoms with Crippen molar-refractivity contribution in [1.29, 1.82) is 0 Å². The monoisotopic (exact) mass is 263 g/mol. The summed E-state index contributed by atoms with van der Waals surface area (Å²) < 4.78 is 5.88. The highest BCUT2D eigenvalue weighted by Crippen LogP contribution is 2.22. The second kappa shape index (κ2) is 6.35. The Morgan fingerprint density at radius 1 is 1.47 bits per heavy atom. The molecule has 2 N–H and O–H groups in total. The standard InChI is InChI=1S/C15H25N3O/c1-11-9-12(2)17-15(14(11)10-16)19-8-6-13-5-4-7-18(13)3/h9,13H,4-8,10,16H2,1-3H3. The molecule has 0 saturated carbocycles. The number of hydrogen-bond donors (Lipinski definition) is 1. The molecule has 0 bridgehead atoms. The highest BCUT2D eigenvalue weighted by molar-refractivity contribution is 5.35. The lowest BCUT2D eigenvalue weighted by atomic mass is 10.1. The molecule has 1 saturated heterocycles. The summed E-state index contributed by atoms with van der Waals surface area (Å²) in [6, 6.07) is 2.71. The Kier molecular flexibility index (Phi) is 4.77. The first-order valence-electron chi connectivity index (χ1n) is 7.12. The molecule has 4 nitrogen and oxygen atoms in total. The van der Waals surface area contributed by atoms with Crippen LogP contribution in [0.3, 0.4) is 0 Å². The molecule has 0 spiro atoms. The van der Waals surface area contributed by atoms with E-state index < -0.39 is 0 Å². The van der Waals surface area contributed by atoms with Gasteiger partial charge < -0.3 is 15.4 Å². The van der Waals surface area contributed by atoms with E-state index in [0.717, 1.165) is 30.2 Å². The van der Waals surface area contributed by atoms with Crippen molar-refractivity contribution in [2.45, 2.75) is 45.7 Å². The van der Waals surface area contributed by atoms with Crippen molar-refractivity contribution in [3.8, 4) is 5.88 Å². The molecule has 1 aromatic heterocycles. The minimum absolute atomic E-state index is 0.484. The van der Waals surface area contributed by atoms with Crippen LogP contribution in [-0.2, 0) is 6.54 Å². The SMILES string of the molecule is Cc1cc(C)c(CN)c(OCCC2CCCN2C)n1. The number of pyridine rings is 1. The van der Waals surface area contributed by atoms with Crippen molar-refractivity contribution in [1.82, 2.24) is 9.88 Å². The van der Waals surface area contributed by atoms with Crippen LogP contribution in [0.4, 0.5) is 0 Å². The van der Waals surface area contributed by atoms with E-state index in [1.165, 1.54) is 24.9 Å². The van der Waals surface area contributed by atoms with Crippen molar-refractivity contribution in [2.75, 3.05) is 20.2 Å².